The van der Waals surface area contributed by atoms with Crippen LogP contribution in [0.25, 0.3) is 0 Å². The smallest absolute Gasteiger partial charge is 0.0587 e. The van der Waals surface area contributed by atoms with Crippen LogP contribution in [0.1, 0.15) is 24.3 Å². The first-order valence-electron chi connectivity index (χ1n) is 6.26. The van der Waals surface area contributed by atoms with Crippen LogP contribution in [0.2, 0.25) is 0 Å². The molecule has 17 heavy (non-hydrogen) atoms. The summed E-state index contributed by atoms with van der Waals surface area (Å²) in [6, 6.07) is 8.76. The third-order valence-electron chi connectivity index (χ3n) is 3.34. The van der Waals surface area contributed by atoms with Crippen LogP contribution >= 0.6 is 15.9 Å². The van der Waals surface area contributed by atoms with Gasteiger partial charge in [0.05, 0.1) is 6.61 Å². The summed E-state index contributed by atoms with van der Waals surface area (Å²) in [5.41, 5.74) is 1.46. The fourth-order valence-corrected chi connectivity index (χ4v) is 2.46. The van der Waals surface area contributed by atoms with Gasteiger partial charge >= 0.3 is 0 Å². The Morgan fingerprint density at radius 1 is 1.35 bits per heavy atom. The van der Waals surface area contributed by atoms with Gasteiger partial charge in [-0.3, -0.25) is 0 Å². The minimum absolute atomic E-state index is 0.667. The molecular formula is C14H20BrNO. The third kappa shape index (κ3) is 4.09. The summed E-state index contributed by atoms with van der Waals surface area (Å²) >= 11 is 3.49. The Balaban J connectivity index is 1.90. The predicted octanol–water partition coefficient (Wildman–Crippen LogP) is 3.18. The number of nitrogens with one attached hydrogen (secondary N) is 1. The van der Waals surface area contributed by atoms with Gasteiger partial charge in [-0.15, -0.1) is 0 Å². The maximum atomic E-state index is 5.05. The zero-order chi connectivity index (χ0) is 12.1. The minimum atomic E-state index is 0.667. The molecule has 0 saturated heterocycles. The van der Waals surface area contributed by atoms with Crippen LogP contribution in [0, 0.1) is 5.92 Å². The van der Waals surface area contributed by atoms with Crippen LogP contribution in [-0.2, 0) is 4.74 Å². The van der Waals surface area contributed by atoms with E-state index in [4.69, 9.17) is 4.74 Å². The molecule has 2 nitrogen and oxygen atoms in total. The maximum absolute atomic E-state index is 5.05. The zero-order valence-corrected chi connectivity index (χ0v) is 11.9. The van der Waals surface area contributed by atoms with Gasteiger partial charge < -0.3 is 10.1 Å². The molecule has 0 amide bonds. The molecule has 1 saturated carbocycles. The average molecular weight is 298 g/mol. The lowest BCUT2D eigenvalue weighted by atomic mass is 9.94. The number of hydrogen-bond acceptors (Lipinski definition) is 2. The van der Waals surface area contributed by atoms with Crippen molar-refractivity contribution in [2.75, 3.05) is 26.8 Å². The quantitative estimate of drug-likeness (QED) is 0.781. The molecule has 1 aliphatic carbocycles. The third-order valence-corrected chi connectivity index (χ3v) is 3.87. The lowest BCUT2D eigenvalue weighted by Crippen LogP contribution is -2.26. The lowest BCUT2D eigenvalue weighted by Gasteiger charge is -2.17. The molecule has 0 spiro atoms. The summed E-state index contributed by atoms with van der Waals surface area (Å²) in [4.78, 5) is 0. The van der Waals surface area contributed by atoms with E-state index in [-0.39, 0.29) is 0 Å². The van der Waals surface area contributed by atoms with E-state index < -0.39 is 0 Å². The fraction of sp³-hybridized carbons (Fsp3) is 0.571. The number of methoxy groups -OCH3 is 1. The topological polar surface area (TPSA) is 21.3 Å². The summed E-state index contributed by atoms with van der Waals surface area (Å²) in [6.45, 7) is 2.80. The Hall–Kier alpha value is -0.380. The Morgan fingerprint density at radius 2 is 2.06 bits per heavy atom. The van der Waals surface area contributed by atoms with Crippen LogP contribution in [0.4, 0.5) is 0 Å². The van der Waals surface area contributed by atoms with Crippen molar-refractivity contribution in [1.82, 2.24) is 5.32 Å². The van der Waals surface area contributed by atoms with Crippen molar-refractivity contribution >= 4 is 15.9 Å². The molecule has 1 aromatic rings. The summed E-state index contributed by atoms with van der Waals surface area (Å²) in [5, 5.41) is 3.48. The van der Waals surface area contributed by atoms with Crippen molar-refractivity contribution < 1.29 is 4.74 Å². The highest BCUT2D eigenvalue weighted by Crippen LogP contribution is 2.42. The van der Waals surface area contributed by atoms with Gasteiger partial charge in [0.2, 0.25) is 0 Å². The lowest BCUT2D eigenvalue weighted by molar-refractivity contribution is 0.198. The molecule has 0 radical (unpaired) electrons. The molecule has 1 aliphatic rings. The van der Waals surface area contributed by atoms with Crippen molar-refractivity contribution in [3.8, 4) is 0 Å². The molecule has 1 aromatic carbocycles. The number of halogens is 1. The standard InChI is InChI=1S/C14H20BrNO/c1-17-9-8-16-10-14(11-2-3-11)12-4-6-13(15)7-5-12/h4-7,11,14,16H,2-3,8-10H2,1H3. The van der Waals surface area contributed by atoms with Crippen molar-refractivity contribution in [2.24, 2.45) is 5.92 Å². The summed E-state index contributed by atoms with van der Waals surface area (Å²) in [5.74, 6) is 1.55. The molecule has 3 heteroatoms. The van der Waals surface area contributed by atoms with Gasteiger partial charge in [-0.2, -0.15) is 0 Å². The minimum Gasteiger partial charge on any atom is -0.383 e. The fourth-order valence-electron chi connectivity index (χ4n) is 2.20. The molecule has 1 fully saturated rings. The second-order valence-corrected chi connectivity index (χ2v) is 5.61. The highest BCUT2D eigenvalue weighted by atomic mass is 79.9. The summed E-state index contributed by atoms with van der Waals surface area (Å²) in [7, 11) is 1.74. The van der Waals surface area contributed by atoms with Gasteiger partial charge in [0, 0.05) is 24.7 Å². The van der Waals surface area contributed by atoms with Gasteiger partial charge in [0.25, 0.3) is 0 Å². The highest BCUT2D eigenvalue weighted by molar-refractivity contribution is 9.10. The molecule has 94 valence electrons. The number of ether oxygens (including phenoxy) is 1. The van der Waals surface area contributed by atoms with Gasteiger partial charge in [-0.1, -0.05) is 28.1 Å². The molecule has 1 N–H and O–H groups in total. The predicted molar refractivity (Wildman–Crippen MR) is 74.4 cm³/mol. The van der Waals surface area contributed by atoms with Gasteiger partial charge in [0.15, 0.2) is 0 Å². The monoisotopic (exact) mass is 297 g/mol. The van der Waals surface area contributed by atoms with E-state index in [0.29, 0.717) is 5.92 Å². The van der Waals surface area contributed by atoms with E-state index in [1.165, 1.54) is 18.4 Å². The van der Waals surface area contributed by atoms with E-state index in [1.807, 2.05) is 0 Å². The van der Waals surface area contributed by atoms with E-state index >= 15 is 0 Å². The first kappa shape index (κ1) is 13.1. The van der Waals surface area contributed by atoms with Crippen molar-refractivity contribution in [3.63, 3.8) is 0 Å². The Morgan fingerprint density at radius 3 is 2.65 bits per heavy atom. The van der Waals surface area contributed by atoms with Crippen molar-refractivity contribution in [1.29, 1.82) is 0 Å². The van der Waals surface area contributed by atoms with Crippen molar-refractivity contribution in [2.45, 2.75) is 18.8 Å². The van der Waals surface area contributed by atoms with E-state index in [9.17, 15) is 0 Å². The van der Waals surface area contributed by atoms with Crippen LogP contribution in [0.3, 0.4) is 0 Å². The van der Waals surface area contributed by atoms with Crippen molar-refractivity contribution in [3.05, 3.63) is 34.3 Å². The zero-order valence-electron chi connectivity index (χ0n) is 10.3. The molecule has 2 rings (SSSR count). The Kier molecular flexibility index (Phi) is 5.01. The highest BCUT2D eigenvalue weighted by Gasteiger charge is 2.31. The van der Waals surface area contributed by atoms with Gasteiger partial charge in [-0.05, 0) is 42.4 Å². The van der Waals surface area contributed by atoms with E-state index in [0.717, 1.165) is 30.1 Å². The maximum Gasteiger partial charge on any atom is 0.0587 e. The van der Waals surface area contributed by atoms with E-state index in [1.54, 1.807) is 7.11 Å². The summed E-state index contributed by atoms with van der Waals surface area (Å²) < 4.78 is 6.21. The number of rotatable bonds is 7. The first-order chi connectivity index (χ1) is 8.31. The van der Waals surface area contributed by atoms with E-state index in [2.05, 4.69) is 45.5 Å². The van der Waals surface area contributed by atoms with Crippen LogP contribution in [0.15, 0.2) is 28.7 Å². The Bertz CT molecular complexity index is 335. The molecule has 1 unspecified atom stereocenters. The average Bonchev–Trinajstić information content (AvgIpc) is 3.15. The second-order valence-electron chi connectivity index (χ2n) is 4.69. The van der Waals surface area contributed by atoms with Gasteiger partial charge in [0.1, 0.15) is 0 Å². The molecule has 0 bridgehead atoms. The summed E-state index contributed by atoms with van der Waals surface area (Å²) in [6.07, 6.45) is 2.76. The SMILES string of the molecule is COCCNCC(c1ccc(Br)cc1)C1CC1. The van der Waals surface area contributed by atoms with Crippen LogP contribution in [0.5, 0.6) is 0 Å². The normalized spacial score (nSPS) is 17.1. The van der Waals surface area contributed by atoms with Crippen LogP contribution < -0.4 is 5.32 Å². The van der Waals surface area contributed by atoms with Crippen LogP contribution in [-0.4, -0.2) is 26.8 Å². The number of hydrogen-bond donors (Lipinski definition) is 1. The Labute approximate surface area is 112 Å². The molecule has 0 aliphatic heterocycles. The molecule has 0 aromatic heterocycles. The largest absolute Gasteiger partial charge is 0.383 e. The second kappa shape index (κ2) is 6.53. The number of benzene rings is 1. The van der Waals surface area contributed by atoms with Gasteiger partial charge in [-0.25, -0.2) is 0 Å². The first-order valence-corrected chi connectivity index (χ1v) is 7.05. The molecule has 0 heterocycles. The molecule has 1 atom stereocenters. The molecular weight excluding hydrogens is 278 g/mol.